The van der Waals surface area contributed by atoms with E-state index in [0.717, 1.165) is 12.8 Å². The Morgan fingerprint density at radius 1 is 1.44 bits per heavy atom. The van der Waals surface area contributed by atoms with Crippen molar-refractivity contribution in [2.45, 2.75) is 39.7 Å². The van der Waals surface area contributed by atoms with Gasteiger partial charge in [0.2, 0.25) is 0 Å². The van der Waals surface area contributed by atoms with Gasteiger partial charge in [-0.25, -0.2) is 0 Å². The summed E-state index contributed by atoms with van der Waals surface area (Å²) in [6, 6.07) is 3.43. The van der Waals surface area contributed by atoms with E-state index in [2.05, 4.69) is 20.8 Å². The predicted molar refractivity (Wildman–Crippen MR) is 101 cm³/mol. The van der Waals surface area contributed by atoms with Crippen LogP contribution in [0.5, 0.6) is 11.5 Å². The zero-order valence-corrected chi connectivity index (χ0v) is 16.3. The summed E-state index contributed by atoms with van der Waals surface area (Å²) in [5, 5.41) is 0.387. The van der Waals surface area contributed by atoms with Crippen molar-refractivity contribution in [2.24, 2.45) is 17.6 Å². The Morgan fingerprint density at radius 3 is 2.76 bits per heavy atom. The first-order valence-electron chi connectivity index (χ1n) is 8.88. The predicted octanol–water partition coefficient (Wildman–Crippen LogP) is 3.58. The minimum atomic E-state index is -0.0574. The van der Waals surface area contributed by atoms with Gasteiger partial charge in [-0.2, -0.15) is 0 Å². The van der Waals surface area contributed by atoms with Crippen LogP contribution in [0.3, 0.4) is 0 Å². The summed E-state index contributed by atoms with van der Waals surface area (Å²) in [4.78, 5) is 14.8. The number of methoxy groups -OCH3 is 1. The number of benzene rings is 1. The first-order valence-corrected chi connectivity index (χ1v) is 9.26. The van der Waals surface area contributed by atoms with Crippen LogP contribution in [0.15, 0.2) is 12.1 Å². The molecular formula is C19H29ClN2O3. The molecule has 0 saturated carbocycles. The van der Waals surface area contributed by atoms with Crippen molar-refractivity contribution < 1.29 is 14.3 Å². The summed E-state index contributed by atoms with van der Waals surface area (Å²) in [7, 11) is 1.55. The molecule has 0 aromatic heterocycles. The molecule has 1 saturated heterocycles. The molecule has 25 heavy (non-hydrogen) atoms. The van der Waals surface area contributed by atoms with Crippen LogP contribution in [0.1, 0.15) is 44.0 Å². The second kappa shape index (κ2) is 8.77. The number of likely N-dealkylation sites (tertiary alicyclic amines) is 1. The zero-order chi connectivity index (χ0) is 18.6. The number of ether oxygens (including phenoxy) is 2. The second-order valence-corrected chi connectivity index (χ2v) is 7.62. The van der Waals surface area contributed by atoms with Gasteiger partial charge >= 0.3 is 0 Å². The summed E-state index contributed by atoms with van der Waals surface area (Å²) >= 11 is 6.37. The maximum Gasteiger partial charge on any atom is 0.254 e. The van der Waals surface area contributed by atoms with E-state index in [0.29, 0.717) is 53.6 Å². The number of nitrogens with zero attached hydrogens (tertiary/aromatic N) is 1. The molecule has 0 aliphatic carbocycles. The highest BCUT2D eigenvalue weighted by atomic mass is 35.5. The fourth-order valence-electron chi connectivity index (χ4n) is 3.14. The third kappa shape index (κ3) is 4.79. The fraction of sp³-hybridized carbons (Fsp3) is 0.632. The summed E-state index contributed by atoms with van der Waals surface area (Å²) in [6.07, 6.45) is 1.92. The van der Waals surface area contributed by atoms with E-state index in [4.69, 9.17) is 26.8 Å². The Morgan fingerprint density at radius 2 is 2.16 bits per heavy atom. The molecule has 5 nitrogen and oxygen atoms in total. The smallest absolute Gasteiger partial charge is 0.254 e. The van der Waals surface area contributed by atoms with Crippen molar-refractivity contribution >= 4 is 17.5 Å². The van der Waals surface area contributed by atoms with Crippen molar-refractivity contribution in [3.8, 4) is 11.5 Å². The van der Waals surface area contributed by atoms with Crippen LogP contribution in [0, 0.1) is 11.8 Å². The average Bonchev–Trinajstić information content (AvgIpc) is 2.59. The van der Waals surface area contributed by atoms with Gasteiger partial charge < -0.3 is 20.1 Å². The summed E-state index contributed by atoms with van der Waals surface area (Å²) in [5.41, 5.74) is 6.39. The van der Waals surface area contributed by atoms with E-state index in [9.17, 15) is 4.79 Å². The van der Waals surface area contributed by atoms with Crippen LogP contribution in [0.4, 0.5) is 0 Å². The quantitative estimate of drug-likeness (QED) is 0.833. The molecule has 1 aliphatic rings. The van der Waals surface area contributed by atoms with Crippen molar-refractivity contribution in [2.75, 3.05) is 26.8 Å². The molecule has 6 heteroatoms. The Bertz CT molecular complexity index is 607. The molecule has 1 heterocycles. The summed E-state index contributed by atoms with van der Waals surface area (Å²) in [6.45, 7) is 8.03. The molecular weight excluding hydrogens is 340 g/mol. The molecule has 0 radical (unpaired) electrons. The Balaban J connectivity index is 2.26. The standard InChI is InChI=1S/C19H29ClN2O3/c1-12(2)11-25-18-16(20)8-14(9-17(18)24-4)19(23)22-6-5-13(3)7-15(22)10-21/h8-9,12-13,15H,5-7,10-11,21H2,1-4H3. The first-order chi connectivity index (χ1) is 11.9. The lowest BCUT2D eigenvalue weighted by molar-refractivity contribution is 0.0573. The number of amides is 1. The number of carbonyl (C=O) groups excluding carboxylic acids is 1. The van der Waals surface area contributed by atoms with Gasteiger partial charge in [0.25, 0.3) is 5.91 Å². The van der Waals surface area contributed by atoms with E-state index < -0.39 is 0 Å². The number of piperidine rings is 1. The maximum atomic E-state index is 13.0. The van der Waals surface area contributed by atoms with Gasteiger partial charge in [-0.15, -0.1) is 0 Å². The van der Waals surface area contributed by atoms with Crippen LogP contribution < -0.4 is 15.2 Å². The van der Waals surface area contributed by atoms with Crippen LogP contribution in [0.25, 0.3) is 0 Å². The van der Waals surface area contributed by atoms with Gasteiger partial charge in [-0.3, -0.25) is 4.79 Å². The third-order valence-electron chi connectivity index (χ3n) is 4.55. The SMILES string of the molecule is COc1cc(C(=O)N2CCC(C)CC2CN)cc(Cl)c1OCC(C)C. The van der Waals surface area contributed by atoms with Crippen LogP contribution in [0.2, 0.25) is 5.02 Å². The summed E-state index contributed by atoms with van der Waals surface area (Å²) in [5.74, 6) is 1.85. The topological polar surface area (TPSA) is 64.8 Å². The van der Waals surface area contributed by atoms with Gasteiger partial charge in [-0.1, -0.05) is 32.4 Å². The van der Waals surface area contributed by atoms with E-state index in [-0.39, 0.29) is 11.9 Å². The van der Waals surface area contributed by atoms with Gasteiger partial charge in [0.1, 0.15) is 0 Å². The minimum absolute atomic E-state index is 0.0574. The maximum absolute atomic E-state index is 13.0. The van der Waals surface area contributed by atoms with E-state index >= 15 is 0 Å². The average molecular weight is 369 g/mol. The third-order valence-corrected chi connectivity index (χ3v) is 4.83. The number of hydrogen-bond acceptors (Lipinski definition) is 4. The molecule has 0 bridgehead atoms. The molecule has 2 rings (SSSR count). The molecule has 1 amide bonds. The van der Waals surface area contributed by atoms with Crippen LogP contribution in [-0.4, -0.2) is 43.7 Å². The largest absolute Gasteiger partial charge is 0.493 e. The molecule has 140 valence electrons. The van der Waals surface area contributed by atoms with E-state index in [1.165, 1.54) is 0 Å². The highest BCUT2D eigenvalue weighted by molar-refractivity contribution is 6.32. The molecule has 2 N–H and O–H groups in total. The van der Waals surface area contributed by atoms with E-state index in [1.807, 2.05) is 4.90 Å². The molecule has 2 atom stereocenters. The highest BCUT2D eigenvalue weighted by Gasteiger charge is 2.30. The monoisotopic (exact) mass is 368 g/mol. The first kappa shape index (κ1) is 19.9. The second-order valence-electron chi connectivity index (χ2n) is 7.21. The Hall–Kier alpha value is -1.46. The van der Waals surface area contributed by atoms with Crippen molar-refractivity contribution in [1.29, 1.82) is 0 Å². The lowest BCUT2D eigenvalue weighted by Crippen LogP contribution is -2.49. The van der Waals surface area contributed by atoms with E-state index in [1.54, 1.807) is 19.2 Å². The highest BCUT2D eigenvalue weighted by Crippen LogP contribution is 2.37. The molecule has 1 aliphatic heterocycles. The van der Waals surface area contributed by atoms with Gasteiger partial charge in [0, 0.05) is 24.7 Å². The van der Waals surface area contributed by atoms with Crippen LogP contribution >= 0.6 is 11.6 Å². The molecule has 1 aromatic carbocycles. The number of rotatable bonds is 6. The fourth-order valence-corrected chi connectivity index (χ4v) is 3.41. The minimum Gasteiger partial charge on any atom is -0.493 e. The number of halogens is 1. The van der Waals surface area contributed by atoms with Crippen molar-refractivity contribution in [3.05, 3.63) is 22.7 Å². The zero-order valence-electron chi connectivity index (χ0n) is 15.5. The number of carbonyl (C=O) groups is 1. The Labute approximate surface area is 155 Å². The lowest BCUT2D eigenvalue weighted by atomic mass is 9.92. The van der Waals surface area contributed by atoms with Gasteiger partial charge in [-0.05, 0) is 36.8 Å². The summed E-state index contributed by atoms with van der Waals surface area (Å²) < 4.78 is 11.2. The van der Waals surface area contributed by atoms with Crippen molar-refractivity contribution in [3.63, 3.8) is 0 Å². The molecule has 2 unspecified atom stereocenters. The molecule has 0 spiro atoms. The molecule has 1 fully saturated rings. The number of hydrogen-bond donors (Lipinski definition) is 1. The number of nitrogens with two attached hydrogens (primary N) is 1. The molecule has 1 aromatic rings. The van der Waals surface area contributed by atoms with Crippen molar-refractivity contribution in [1.82, 2.24) is 4.90 Å². The normalized spacial score (nSPS) is 20.7. The Kier molecular flexibility index (Phi) is 6.96. The van der Waals surface area contributed by atoms with Crippen LogP contribution in [-0.2, 0) is 0 Å². The lowest BCUT2D eigenvalue weighted by Gasteiger charge is -2.38. The van der Waals surface area contributed by atoms with Gasteiger partial charge in [0.15, 0.2) is 11.5 Å². The van der Waals surface area contributed by atoms with Gasteiger partial charge in [0.05, 0.1) is 18.7 Å².